The minimum absolute atomic E-state index is 0.252. The van der Waals surface area contributed by atoms with Crippen LogP contribution in [0.2, 0.25) is 0 Å². The van der Waals surface area contributed by atoms with Crippen LogP contribution in [0, 0.1) is 6.92 Å². The fraction of sp³-hybridized carbons (Fsp3) is 0.345. The summed E-state index contributed by atoms with van der Waals surface area (Å²) in [4.78, 5) is 15.8. The lowest BCUT2D eigenvalue weighted by molar-refractivity contribution is -0.120. The molecule has 2 aliphatic rings. The molecular weight excluding hydrogens is 410 g/mol. The van der Waals surface area contributed by atoms with Gasteiger partial charge in [-0.3, -0.25) is 4.79 Å². The van der Waals surface area contributed by atoms with E-state index in [1.54, 1.807) is 0 Å². The van der Waals surface area contributed by atoms with E-state index in [1.165, 1.54) is 22.4 Å². The number of Topliss-reactive ketones (excluding diaryl/α,β-unsaturated/α-hetero) is 1. The molecule has 0 radical (unpaired) electrons. The van der Waals surface area contributed by atoms with Crippen molar-refractivity contribution in [1.82, 2.24) is 0 Å². The lowest BCUT2D eigenvalue weighted by atomic mass is 9.87. The zero-order chi connectivity index (χ0) is 23.0. The first kappa shape index (κ1) is 21.6. The topological polar surface area (TPSA) is 38.8 Å². The van der Waals surface area contributed by atoms with Gasteiger partial charge in [-0.15, -0.1) is 0 Å². The van der Waals surface area contributed by atoms with Gasteiger partial charge in [0.2, 0.25) is 6.79 Å². The summed E-state index contributed by atoms with van der Waals surface area (Å²) in [5.41, 5.74) is 6.59. The fourth-order valence-corrected chi connectivity index (χ4v) is 4.93. The molecule has 1 aliphatic heterocycles. The van der Waals surface area contributed by atoms with Crippen LogP contribution in [-0.2, 0) is 16.6 Å². The summed E-state index contributed by atoms with van der Waals surface area (Å²) in [5.74, 6) is 1.79. The van der Waals surface area contributed by atoms with Gasteiger partial charge in [0.05, 0.1) is 5.41 Å². The number of anilines is 1. The van der Waals surface area contributed by atoms with Crippen molar-refractivity contribution in [2.75, 3.05) is 24.8 Å². The molecule has 1 aliphatic carbocycles. The molecule has 0 unspecified atom stereocenters. The summed E-state index contributed by atoms with van der Waals surface area (Å²) in [5, 5.41) is 0. The van der Waals surface area contributed by atoms with Gasteiger partial charge < -0.3 is 14.4 Å². The molecule has 170 valence electrons. The highest BCUT2D eigenvalue weighted by Crippen LogP contribution is 2.51. The van der Waals surface area contributed by atoms with E-state index in [0.29, 0.717) is 6.42 Å². The second kappa shape index (κ2) is 8.58. The Bertz CT molecular complexity index is 1170. The van der Waals surface area contributed by atoms with Crippen molar-refractivity contribution < 1.29 is 14.3 Å². The number of ether oxygens (including phenoxy) is 2. The molecule has 0 atom stereocenters. The third-order valence-corrected chi connectivity index (χ3v) is 7.18. The number of ketones is 1. The Balaban J connectivity index is 1.37. The van der Waals surface area contributed by atoms with Gasteiger partial charge in [0.1, 0.15) is 5.78 Å². The zero-order valence-corrected chi connectivity index (χ0v) is 19.7. The average molecular weight is 442 g/mol. The quantitative estimate of drug-likeness (QED) is 0.425. The van der Waals surface area contributed by atoms with Crippen molar-refractivity contribution in [3.8, 4) is 22.6 Å². The molecule has 3 aromatic carbocycles. The Labute approximate surface area is 196 Å². The van der Waals surface area contributed by atoms with Crippen LogP contribution in [0.3, 0.4) is 0 Å². The Morgan fingerprint density at radius 2 is 1.64 bits per heavy atom. The molecule has 0 amide bonds. The SMILES string of the molecule is CCN(CC)c1ccc(-c2cc(CC(=O)C3(c4ccc5c(c4)OCO5)CC3)ccc2C)cc1. The van der Waals surface area contributed by atoms with Gasteiger partial charge in [-0.2, -0.15) is 0 Å². The van der Waals surface area contributed by atoms with E-state index in [4.69, 9.17) is 9.47 Å². The second-order valence-corrected chi connectivity index (χ2v) is 9.12. The molecule has 0 saturated heterocycles. The maximum atomic E-state index is 13.4. The summed E-state index contributed by atoms with van der Waals surface area (Å²) in [6.45, 7) is 8.74. The minimum atomic E-state index is -0.378. The highest BCUT2D eigenvalue weighted by Gasteiger charge is 2.50. The minimum Gasteiger partial charge on any atom is -0.454 e. The van der Waals surface area contributed by atoms with Crippen LogP contribution in [0.25, 0.3) is 11.1 Å². The Kier molecular flexibility index (Phi) is 5.61. The Morgan fingerprint density at radius 3 is 2.33 bits per heavy atom. The van der Waals surface area contributed by atoms with Crippen molar-refractivity contribution >= 4 is 11.5 Å². The van der Waals surface area contributed by atoms with Gasteiger partial charge in [0, 0.05) is 25.2 Å². The average Bonchev–Trinajstić information content (AvgIpc) is 3.52. The number of rotatable bonds is 8. The molecular formula is C29H31NO3. The first-order valence-corrected chi connectivity index (χ1v) is 11.9. The van der Waals surface area contributed by atoms with Gasteiger partial charge >= 0.3 is 0 Å². The van der Waals surface area contributed by atoms with Crippen LogP contribution in [-0.4, -0.2) is 25.7 Å². The van der Waals surface area contributed by atoms with E-state index in [9.17, 15) is 4.79 Å². The number of aryl methyl sites for hydroxylation is 1. The van der Waals surface area contributed by atoms with E-state index >= 15 is 0 Å². The third kappa shape index (κ3) is 3.99. The van der Waals surface area contributed by atoms with Gasteiger partial charge in [-0.1, -0.05) is 36.4 Å². The molecule has 4 heteroatoms. The van der Waals surface area contributed by atoms with Crippen LogP contribution < -0.4 is 14.4 Å². The smallest absolute Gasteiger partial charge is 0.231 e. The molecule has 3 aromatic rings. The van der Waals surface area contributed by atoms with E-state index < -0.39 is 0 Å². The van der Waals surface area contributed by atoms with Crippen molar-refractivity contribution in [1.29, 1.82) is 0 Å². The lowest BCUT2D eigenvalue weighted by Gasteiger charge is -2.21. The highest BCUT2D eigenvalue weighted by atomic mass is 16.7. The van der Waals surface area contributed by atoms with Crippen molar-refractivity contribution in [3.63, 3.8) is 0 Å². The maximum Gasteiger partial charge on any atom is 0.231 e. The molecule has 0 aromatic heterocycles. The van der Waals surface area contributed by atoms with E-state index in [2.05, 4.69) is 68.1 Å². The summed E-state index contributed by atoms with van der Waals surface area (Å²) >= 11 is 0. The van der Waals surface area contributed by atoms with Crippen LogP contribution in [0.5, 0.6) is 11.5 Å². The largest absolute Gasteiger partial charge is 0.454 e. The summed E-state index contributed by atoms with van der Waals surface area (Å²) in [7, 11) is 0. The number of fused-ring (bicyclic) bond motifs is 1. The van der Waals surface area contributed by atoms with Crippen molar-refractivity contribution in [3.05, 3.63) is 77.4 Å². The molecule has 1 fully saturated rings. The lowest BCUT2D eigenvalue weighted by Crippen LogP contribution is -2.22. The summed E-state index contributed by atoms with van der Waals surface area (Å²) < 4.78 is 11.0. The normalized spacial score (nSPS) is 15.4. The number of nitrogens with zero attached hydrogens (tertiary/aromatic N) is 1. The number of hydrogen-bond acceptors (Lipinski definition) is 4. The molecule has 0 N–H and O–H groups in total. The molecule has 0 bridgehead atoms. The fourth-order valence-electron chi connectivity index (χ4n) is 4.93. The summed E-state index contributed by atoms with van der Waals surface area (Å²) in [6, 6.07) is 21.1. The predicted molar refractivity (Wildman–Crippen MR) is 132 cm³/mol. The Hall–Kier alpha value is -3.27. The molecule has 1 heterocycles. The van der Waals surface area contributed by atoms with Gasteiger partial charge in [-0.25, -0.2) is 0 Å². The predicted octanol–water partition coefficient (Wildman–Crippen LogP) is 6.08. The molecule has 1 saturated carbocycles. The van der Waals surface area contributed by atoms with Crippen molar-refractivity contribution in [2.45, 2.75) is 45.4 Å². The second-order valence-electron chi connectivity index (χ2n) is 9.12. The summed E-state index contributed by atoms with van der Waals surface area (Å²) in [6.07, 6.45) is 2.24. The van der Waals surface area contributed by atoms with Gasteiger partial charge in [-0.05, 0) is 85.7 Å². The van der Waals surface area contributed by atoms with Gasteiger partial charge in [0.15, 0.2) is 11.5 Å². The van der Waals surface area contributed by atoms with Crippen LogP contribution in [0.15, 0.2) is 60.7 Å². The highest BCUT2D eigenvalue weighted by molar-refractivity contribution is 5.95. The number of hydrogen-bond donors (Lipinski definition) is 0. The van der Waals surface area contributed by atoms with Crippen LogP contribution in [0.4, 0.5) is 5.69 Å². The molecule has 4 nitrogen and oxygen atoms in total. The first-order valence-electron chi connectivity index (χ1n) is 11.9. The molecule has 0 spiro atoms. The van der Waals surface area contributed by atoms with E-state index in [-0.39, 0.29) is 18.0 Å². The van der Waals surface area contributed by atoms with Crippen LogP contribution in [0.1, 0.15) is 43.4 Å². The first-order chi connectivity index (χ1) is 16.0. The van der Waals surface area contributed by atoms with Crippen molar-refractivity contribution in [2.24, 2.45) is 0 Å². The number of benzene rings is 3. The Morgan fingerprint density at radius 1 is 0.909 bits per heavy atom. The number of carbonyl (C=O) groups excluding carboxylic acids is 1. The monoisotopic (exact) mass is 441 g/mol. The van der Waals surface area contributed by atoms with E-state index in [1.807, 2.05) is 18.2 Å². The van der Waals surface area contributed by atoms with E-state index in [0.717, 1.165) is 48.6 Å². The van der Waals surface area contributed by atoms with Crippen LogP contribution >= 0.6 is 0 Å². The third-order valence-electron chi connectivity index (χ3n) is 7.18. The zero-order valence-electron chi connectivity index (χ0n) is 19.7. The standard InChI is InChI=1S/C29H31NO3/c1-4-30(5-2)24-11-8-22(9-12-24)25-16-21(7-6-20(25)3)17-28(31)29(14-15-29)23-10-13-26-27(18-23)33-19-32-26/h6-13,16,18H,4-5,14-15,17,19H2,1-3H3. The van der Waals surface area contributed by atoms with Gasteiger partial charge in [0.25, 0.3) is 0 Å². The number of carbonyl (C=O) groups is 1. The molecule has 5 rings (SSSR count). The maximum absolute atomic E-state index is 13.4. The molecule has 33 heavy (non-hydrogen) atoms.